The van der Waals surface area contributed by atoms with Crippen molar-refractivity contribution >= 4 is 5.78 Å². The molecule has 1 rings (SSSR count). The second-order valence-electron chi connectivity index (χ2n) is 3.21. The first kappa shape index (κ1) is 22.0. The molecule has 0 amide bonds. The largest absolute Gasteiger partial charge is 0.459 e. The molecule has 1 fully saturated rings. The van der Waals surface area contributed by atoms with Gasteiger partial charge in [0.15, 0.2) is 0 Å². The molecule has 0 aromatic heterocycles. The molecule has 1 aliphatic heterocycles. The van der Waals surface area contributed by atoms with Gasteiger partial charge in [-0.2, -0.15) is 0 Å². The van der Waals surface area contributed by atoms with Crippen LogP contribution in [0, 0.1) is 13.0 Å². The SMILES string of the molecule is CC.CC.[CH2-]N1CCC(C(=O)CC)CC1.[Y]. The Balaban J connectivity index is -0.000000305. The number of nitrogens with zero attached hydrogens (tertiary/aromatic N) is 1. The molecule has 0 aliphatic carbocycles. The van der Waals surface area contributed by atoms with Gasteiger partial charge in [-0.15, -0.1) is 0 Å². The Labute approximate surface area is 127 Å². The van der Waals surface area contributed by atoms with Gasteiger partial charge in [-0.05, 0) is 25.9 Å². The normalized spacial score (nSPS) is 15.9. The van der Waals surface area contributed by atoms with Crippen LogP contribution < -0.4 is 0 Å². The number of rotatable bonds is 2. The molecule has 0 aromatic rings. The zero-order valence-electron chi connectivity index (χ0n) is 11.8. The van der Waals surface area contributed by atoms with Crippen molar-refractivity contribution in [1.29, 1.82) is 0 Å². The van der Waals surface area contributed by atoms with Gasteiger partial charge in [0.05, 0.1) is 0 Å². The van der Waals surface area contributed by atoms with Crippen molar-refractivity contribution in [3.63, 3.8) is 0 Å². The zero-order valence-corrected chi connectivity index (χ0v) is 14.6. The molecule has 95 valence electrons. The maximum atomic E-state index is 11.2. The Hall–Kier alpha value is 0.734. The number of piperidine rings is 1. The standard InChI is InChI=1S/C9H16NO.2C2H6.Y/c1-3-9(11)8-4-6-10(2)7-5-8;2*1-2;/h8H,2-7H2,1H3;2*1-2H3;/q-1;;;. The summed E-state index contributed by atoms with van der Waals surface area (Å²) in [5.74, 6) is 0.760. The molecule has 0 aromatic carbocycles. The van der Waals surface area contributed by atoms with E-state index in [-0.39, 0.29) is 32.7 Å². The number of carbonyl (C=O) groups is 1. The topological polar surface area (TPSA) is 20.3 Å². The number of ketones is 1. The van der Waals surface area contributed by atoms with Crippen molar-refractivity contribution in [2.75, 3.05) is 13.1 Å². The summed E-state index contributed by atoms with van der Waals surface area (Å²) in [4.78, 5) is 13.3. The number of carbonyl (C=O) groups excluding carboxylic acids is 1. The Morgan fingerprint density at radius 3 is 1.88 bits per heavy atom. The molecule has 0 bridgehead atoms. The van der Waals surface area contributed by atoms with Crippen LogP contribution in [0.2, 0.25) is 0 Å². The van der Waals surface area contributed by atoms with E-state index in [4.69, 9.17) is 0 Å². The Bertz CT molecular complexity index is 143. The number of hydrogen-bond donors (Lipinski definition) is 0. The molecule has 3 heteroatoms. The molecular formula is C13H28NOY-. The fraction of sp³-hybridized carbons (Fsp3) is 0.846. The molecule has 1 saturated heterocycles. The molecule has 0 atom stereocenters. The third-order valence-corrected chi connectivity index (χ3v) is 2.39. The van der Waals surface area contributed by atoms with Crippen molar-refractivity contribution in [2.45, 2.75) is 53.9 Å². The summed E-state index contributed by atoms with van der Waals surface area (Å²) in [6.45, 7) is 11.9. The van der Waals surface area contributed by atoms with Crippen LogP contribution in [0.3, 0.4) is 0 Å². The van der Waals surface area contributed by atoms with E-state index >= 15 is 0 Å². The van der Waals surface area contributed by atoms with E-state index in [1.807, 2.05) is 39.5 Å². The maximum absolute atomic E-state index is 11.2. The predicted octanol–water partition coefficient (Wildman–Crippen LogP) is 3.52. The van der Waals surface area contributed by atoms with Gasteiger partial charge in [0.25, 0.3) is 0 Å². The smallest absolute Gasteiger partial charge is 0.135 e. The van der Waals surface area contributed by atoms with Crippen LogP contribution in [0.5, 0.6) is 0 Å². The number of Topliss-reactive ketones (excluding diaryl/α,β-unsaturated/α-hetero) is 1. The molecule has 1 aliphatic rings. The van der Waals surface area contributed by atoms with Gasteiger partial charge in [0.2, 0.25) is 0 Å². The Kier molecular flexibility index (Phi) is 21.6. The molecule has 0 saturated carbocycles. The fourth-order valence-corrected chi connectivity index (χ4v) is 1.54. The van der Waals surface area contributed by atoms with Crippen molar-refractivity contribution < 1.29 is 37.5 Å². The predicted molar refractivity (Wildman–Crippen MR) is 67.6 cm³/mol. The minimum absolute atomic E-state index is 0. The first-order valence-corrected chi connectivity index (χ1v) is 6.32. The van der Waals surface area contributed by atoms with E-state index in [9.17, 15) is 4.79 Å². The van der Waals surface area contributed by atoms with Crippen LogP contribution in [0.25, 0.3) is 0 Å². The molecule has 0 spiro atoms. The molecule has 16 heavy (non-hydrogen) atoms. The summed E-state index contributed by atoms with van der Waals surface area (Å²) in [7, 11) is 3.84. The van der Waals surface area contributed by atoms with Crippen LogP contribution in [0.1, 0.15) is 53.9 Å². The van der Waals surface area contributed by atoms with Crippen LogP contribution in [-0.2, 0) is 37.5 Å². The molecular weight excluding hydrogens is 275 g/mol. The van der Waals surface area contributed by atoms with Crippen molar-refractivity contribution in [3.8, 4) is 0 Å². The number of likely N-dealkylation sites (tertiary alicyclic amines) is 1. The van der Waals surface area contributed by atoms with Gasteiger partial charge < -0.3 is 4.90 Å². The van der Waals surface area contributed by atoms with E-state index in [2.05, 4.69) is 7.05 Å². The molecule has 1 heterocycles. The van der Waals surface area contributed by atoms with Crippen LogP contribution >= 0.6 is 0 Å². The third-order valence-electron chi connectivity index (χ3n) is 2.39. The van der Waals surface area contributed by atoms with Gasteiger partial charge in [-0.1, -0.05) is 34.6 Å². The van der Waals surface area contributed by atoms with Gasteiger partial charge >= 0.3 is 0 Å². The van der Waals surface area contributed by atoms with E-state index in [0.717, 1.165) is 25.9 Å². The summed E-state index contributed by atoms with van der Waals surface area (Å²) in [6.07, 6.45) is 2.72. The first-order valence-electron chi connectivity index (χ1n) is 6.32. The van der Waals surface area contributed by atoms with Crippen LogP contribution in [0.4, 0.5) is 0 Å². The van der Waals surface area contributed by atoms with Gasteiger partial charge in [-0.3, -0.25) is 11.8 Å². The molecule has 1 radical (unpaired) electrons. The maximum Gasteiger partial charge on any atom is 0.135 e. The minimum atomic E-state index is 0. The molecule has 2 nitrogen and oxygen atoms in total. The van der Waals surface area contributed by atoms with Crippen LogP contribution in [-0.4, -0.2) is 23.8 Å². The average Bonchev–Trinajstić information content (AvgIpc) is 2.34. The summed E-state index contributed by atoms with van der Waals surface area (Å²) >= 11 is 0. The van der Waals surface area contributed by atoms with Gasteiger partial charge in [0.1, 0.15) is 5.78 Å². The average molecular weight is 303 g/mol. The Morgan fingerprint density at radius 1 is 1.19 bits per heavy atom. The second-order valence-corrected chi connectivity index (χ2v) is 3.21. The summed E-state index contributed by atoms with van der Waals surface area (Å²) < 4.78 is 0. The van der Waals surface area contributed by atoms with E-state index < -0.39 is 0 Å². The van der Waals surface area contributed by atoms with Gasteiger partial charge in [-0.25, -0.2) is 0 Å². The third kappa shape index (κ3) is 9.92. The Morgan fingerprint density at radius 2 is 1.56 bits per heavy atom. The quantitative estimate of drug-likeness (QED) is 0.728. The minimum Gasteiger partial charge on any atom is -0.459 e. The van der Waals surface area contributed by atoms with E-state index in [0.29, 0.717) is 18.1 Å². The summed E-state index contributed by atoms with van der Waals surface area (Å²) in [5.41, 5.74) is 0. The fourth-order valence-electron chi connectivity index (χ4n) is 1.54. The van der Waals surface area contributed by atoms with Crippen LogP contribution in [0.15, 0.2) is 0 Å². The van der Waals surface area contributed by atoms with Crippen molar-refractivity contribution in [2.24, 2.45) is 5.92 Å². The first-order chi connectivity index (χ1) is 7.24. The van der Waals surface area contributed by atoms with Crippen molar-refractivity contribution in [1.82, 2.24) is 4.90 Å². The monoisotopic (exact) mass is 303 g/mol. The van der Waals surface area contributed by atoms with Crippen molar-refractivity contribution in [3.05, 3.63) is 7.05 Å². The summed E-state index contributed by atoms with van der Waals surface area (Å²) in [5, 5.41) is 0. The van der Waals surface area contributed by atoms with E-state index in [1.54, 1.807) is 0 Å². The number of hydrogen-bond acceptors (Lipinski definition) is 2. The zero-order chi connectivity index (χ0) is 12.3. The van der Waals surface area contributed by atoms with E-state index in [1.165, 1.54) is 0 Å². The summed E-state index contributed by atoms with van der Waals surface area (Å²) in [6, 6.07) is 0. The second kappa shape index (κ2) is 15.7. The van der Waals surface area contributed by atoms with Gasteiger partial charge in [0, 0.05) is 45.0 Å². The molecule has 0 N–H and O–H groups in total. The molecule has 0 unspecified atom stereocenters.